The predicted octanol–water partition coefficient (Wildman–Crippen LogP) is 4.54. The van der Waals surface area contributed by atoms with E-state index in [-0.39, 0.29) is 11.7 Å². The maximum Gasteiger partial charge on any atom is 0.171 e. The molecule has 1 aliphatic heterocycles. The molecule has 0 fully saturated rings. The fourth-order valence-corrected chi connectivity index (χ4v) is 3.80. The van der Waals surface area contributed by atoms with Crippen molar-refractivity contribution in [3.8, 4) is 5.75 Å². The number of fused-ring (bicyclic) bond motifs is 2. The molecule has 0 bridgehead atoms. The van der Waals surface area contributed by atoms with Crippen LogP contribution in [0.4, 0.5) is 0 Å². The van der Waals surface area contributed by atoms with Gasteiger partial charge in [-0.2, -0.15) is 0 Å². The van der Waals surface area contributed by atoms with Crippen LogP contribution in [0.2, 0.25) is 0 Å². The van der Waals surface area contributed by atoms with Crippen LogP contribution < -0.4 is 4.74 Å². The van der Waals surface area contributed by atoms with E-state index in [1.807, 2.05) is 30.3 Å². The Hall–Kier alpha value is -1.74. The van der Waals surface area contributed by atoms with Gasteiger partial charge in [0.1, 0.15) is 5.75 Å². The first kappa shape index (κ1) is 13.3. The van der Waals surface area contributed by atoms with Gasteiger partial charge in [0.05, 0.1) is 7.11 Å². The average Bonchev–Trinajstić information content (AvgIpc) is 2.60. The number of carbonyl (C=O) groups is 1. The number of hydrogen-bond donors (Lipinski definition) is 0. The Balaban J connectivity index is 2.19. The number of methoxy groups -OCH3 is 1. The molecular formula is C17H16O2S. The lowest BCUT2D eigenvalue weighted by Gasteiger charge is -2.13. The molecule has 0 radical (unpaired) electrons. The first-order chi connectivity index (χ1) is 9.74. The predicted molar refractivity (Wildman–Crippen MR) is 80.9 cm³/mol. The summed E-state index contributed by atoms with van der Waals surface area (Å²) in [5.41, 5.74) is 1.94. The molecule has 2 aromatic rings. The normalized spacial score (nSPS) is 17.1. The highest BCUT2D eigenvalue weighted by Gasteiger charge is 2.28. The summed E-state index contributed by atoms with van der Waals surface area (Å²) >= 11 is 1.65. The fraction of sp³-hybridized carbons (Fsp3) is 0.235. The standard InChI is InChI=1S/C17H16O2S/c1-3-12-13-6-4-5-7-15(13)20-16-10-11(19-2)8-9-14(16)17(12)18/h4-10,12H,3H2,1-2H3/t12-/m0/s1. The molecular weight excluding hydrogens is 268 g/mol. The Morgan fingerprint density at radius 2 is 1.95 bits per heavy atom. The molecule has 3 heteroatoms. The van der Waals surface area contributed by atoms with Crippen LogP contribution in [-0.4, -0.2) is 12.9 Å². The third-order valence-electron chi connectivity index (χ3n) is 3.69. The lowest BCUT2D eigenvalue weighted by molar-refractivity contribution is 0.0954. The van der Waals surface area contributed by atoms with Crippen LogP contribution >= 0.6 is 11.8 Å². The molecule has 2 nitrogen and oxygen atoms in total. The largest absolute Gasteiger partial charge is 0.497 e. The van der Waals surface area contributed by atoms with Gasteiger partial charge in [0, 0.05) is 21.3 Å². The van der Waals surface area contributed by atoms with Crippen LogP contribution in [0.3, 0.4) is 0 Å². The lowest BCUT2D eigenvalue weighted by Crippen LogP contribution is -2.12. The number of benzene rings is 2. The Bertz CT molecular complexity index is 664. The van der Waals surface area contributed by atoms with Gasteiger partial charge in [-0.25, -0.2) is 0 Å². The number of rotatable bonds is 2. The summed E-state index contributed by atoms with van der Waals surface area (Å²) in [6.07, 6.45) is 0.821. The van der Waals surface area contributed by atoms with Crippen LogP contribution in [0.15, 0.2) is 52.3 Å². The first-order valence-electron chi connectivity index (χ1n) is 6.73. The van der Waals surface area contributed by atoms with Gasteiger partial charge in [-0.05, 0) is 36.2 Å². The molecule has 0 saturated heterocycles. The summed E-state index contributed by atoms with van der Waals surface area (Å²) in [5.74, 6) is 0.951. The molecule has 0 unspecified atom stereocenters. The second-order valence-corrected chi connectivity index (χ2v) is 5.91. The van der Waals surface area contributed by atoms with Crippen molar-refractivity contribution in [1.82, 2.24) is 0 Å². The third-order valence-corrected chi connectivity index (χ3v) is 4.84. The Kier molecular flexibility index (Phi) is 3.53. The summed E-state index contributed by atoms with van der Waals surface area (Å²) < 4.78 is 5.27. The van der Waals surface area contributed by atoms with Crippen LogP contribution in [-0.2, 0) is 0 Å². The van der Waals surface area contributed by atoms with E-state index >= 15 is 0 Å². The molecule has 0 saturated carbocycles. The molecule has 102 valence electrons. The maximum absolute atomic E-state index is 12.8. The minimum atomic E-state index is -0.0478. The smallest absolute Gasteiger partial charge is 0.171 e. The van der Waals surface area contributed by atoms with Gasteiger partial charge < -0.3 is 4.74 Å². The maximum atomic E-state index is 12.8. The highest BCUT2D eigenvalue weighted by Crippen LogP contribution is 2.43. The zero-order valence-electron chi connectivity index (χ0n) is 11.6. The van der Waals surface area contributed by atoms with Crippen molar-refractivity contribution in [2.45, 2.75) is 29.1 Å². The zero-order chi connectivity index (χ0) is 14.1. The summed E-state index contributed by atoms with van der Waals surface area (Å²) in [4.78, 5) is 14.9. The minimum Gasteiger partial charge on any atom is -0.497 e. The minimum absolute atomic E-state index is 0.0478. The molecule has 3 rings (SSSR count). The number of ketones is 1. The second-order valence-electron chi connectivity index (χ2n) is 4.83. The van der Waals surface area contributed by atoms with E-state index in [4.69, 9.17) is 4.74 Å². The summed E-state index contributed by atoms with van der Waals surface area (Å²) in [5, 5.41) is 0. The van der Waals surface area contributed by atoms with Gasteiger partial charge in [0.2, 0.25) is 0 Å². The van der Waals surface area contributed by atoms with Crippen molar-refractivity contribution in [3.05, 3.63) is 53.6 Å². The van der Waals surface area contributed by atoms with E-state index in [2.05, 4.69) is 19.1 Å². The van der Waals surface area contributed by atoms with E-state index in [0.717, 1.165) is 28.2 Å². The van der Waals surface area contributed by atoms with Gasteiger partial charge in [0.25, 0.3) is 0 Å². The Morgan fingerprint density at radius 3 is 2.70 bits per heavy atom. The Labute approximate surface area is 123 Å². The lowest BCUT2D eigenvalue weighted by atomic mass is 9.89. The van der Waals surface area contributed by atoms with E-state index in [1.54, 1.807) is 18.9 Å². The van der Waals surface area contributed by atoms with Crippen LogP contribution in [0, 0.1) is 0 Å². The van der Waals surface area contributed by atoms with E-state index < -0.39 is 0 Å². The molecule has 0 spiro atoms. The van der Waals surface area contributed by atoms with Crippen molar-refractivity contribution in [2.24, 2.45) is 0 Å². The number of Topliss-reactive ketones (excluding diaryl/α,β-unsaturated/α-hetero) is 1. The van der Waals surface area contributed by atoms with Crippen LogP contribution in [0.1, 0.15) is 35.2 Å². The average molecular weight is 284 g/mol. The van der Waals surface area contributed by atoms with Crippen molar-refractivity contribution in [2.75, 3.05) is 7.11 Å². The van der Waals surface area contributed by atoms with Crippen LogP contribution in [0.25, 0.3) is 0 Å². The number of hydrogen-bond acceptors (Lipinski definition) is 3. The van der Waals surface area contributed by atoms with Crippen molar-refractivity contribution in [3.63, 3.8) is 0 Å². The highest BCUT2D eigenvalue weighted by molar-refractivity contribution is 7.99. The van der Waals surface area contributed by atoms with Crippen molar-refractivity contribution >= 4 is 17.5 Å². The van der Waals surface area contributed by atoms with E-state index in [1.165, 1.54) is 4.90 Å². The van der Waals surface area contributed by atoms with Crippen molar-refractivity contribution in [1.29, 1.82) is 0 Å². The molecule has 0 N–H and O–H groups in total. The molecule has 0 aliphatic carbocycles. The fourth-order valence-electron chi connectivity index (χ4n) is 2.63. The first-order valence-corrected chi connectivity index (χ1v) is 7.55. The molecule has 2 aromatic carbocycles. The molecule has 0 amide bonds. The number of ether oxygens (including phenoxy) is 1. The summed E-state index contributed by atoms with van der Waals surface area (Å²) in [7, 11) is 1.65. The topological polar surface area (TPSA) is 26.3 Å². The van der Waals surface area contributed by atoms with Gasteiger partial charge in [-0.3, -0.25) is 4.79 Å². The third kappa shape index (κ3) is 2.12. The quantitative estimate of drug-likeness (QED) is 0.810. The second kappa shape index (κ2) is 5.33. The molecule has 1 aliphatic rings. The molecule has 1 heterocycles. The monoisotopic (exact) mass is 284 g/mol. The molecule has 20 heavy (non-hydrogen) atoms. The summed E-state index contributed by atoms with van der Waals surface area (Å²) in [6.45, 7) is 2.07. The summed E-state index contributed by atoms with van der Waals surface area (Å²) in [6, 6.07) is 13.9. The zero-order valence-corrected chi connectivity index (χ0v) is 12.4. The van der Waals surface area contributed by atoms with Crippen LogP contribution in [0.5, 0.6) is 5.75 Å². The number of carbonyl (C=O) groups excluding carboxylic acids is 1. The molecule has 0 aromatic heterocycles. The van der Waals surface area contributed by atoms with E-state index in [0.29, 0.717) is 0 Å². The van der Waals surface area contributed by atoms with Gasteiger partial charge >= 0.3 is 0 Å². The van der Waals surface area contributed by atoms with Gasteiger partial charge in [0.15, 0.2) is 5.78 Å². The van der Waals surface area contributed by atoms with Gasteiger partial charge in [-0.15, -0.1) is 0 Å². The Morgan fingerprint density at radius 1 is 1.15 bits per heavy atom. The highest BCUT2D eigenvalue weighted by atomic mass is 32.2. The SMILES string of the molecule is CC[C@@H]1C(=O)c2ccc(OC)cc2Sc2ccccc21. The van der Waals surface area contributed by atoms with E-state index in [9.17, 15) is 4.79 Å². The van der Waals surface area contributed by atoms with Crippen molar-refractivity contribution < 1.29 is 9.53 Å². The van der Waals surface area contributed by atoms with Gasteiger partial charge in [-0.1, -0.05) is 36.9 Å². The molecule has 1 atom stereocenters.